The molecule has 0 fully saturated rings. The normalized spacial score (nSPS) is 12.2. The van der Waals surface area contributed by atoms with Gasteiger partial charge in [-0.3, -0.25) is 9.47 Å². The highest BCUT2D eigenvalue weighted by Gasteiger charge is 2.22. The van der Waals surface area contributed by atoms with Gasteiger partial charge in [-0.15, -0.1) is 10.2 Å². The fraction of sp³-hybridized carbons (Fsp3) is 0.222. The Morgan fingerprint density at radius 1 is 1.19 bits per heavy atom. The Hall–Kier alpha value is -2.47. The molecule has 0 aliphatic carbocycles. The second-order valence-electron chi connectivity index (χ2n) is 5.99. The minimum absolute atomic E-state index is 0.0234. The summed E-state index contributed by atoms with van der Waals surface area (Å²) in [6.07, 6.45) is 0. The lowest BCUT2D eigenvalue weighted by Crippen LogP contribution is -2.20. The Balaban J connectivity index is 2.08. The zero-order chi connectivity index (χ0) is 19.6. The van der Waals surface area contributed by atoms with Gasteiger partial charge in [-0.1, -0.05) is 11.6 Å². The second kappa shape index (κ2) is 8.05. The van der Waals surface area contributed by atoms with Crippen molar-refractivity contribution in [2.24, 2.45) is 0 Å². The minimum Gasteiger partial charge on any atom is -0.300 e. The predicted molar refractivity (Wildman–Crippen MR) is 102 cm³/mol. The van der Waals surface area contributed by atoms with Crippen molar-refractivity contribution in [2.45, 2.75) is 23.1 Å². The van der Waals surface area contributed by atoms with Gasteiger partial charge in [0, 0.05) is 5.69 Å². The van der Waals surface area contributed by atoms with Gasteiger partial charge in [0.15, 0.2) is 11.5 Å². The van der Waals surface area contributed by atoms with Gasteiger partial charge in [0.1, 0.15) is 16.9 Å². The molecular formula is C18H16ClFN6S. The molecule has 2 aromatic heterocycles. The van der Waals surface area contributed by atoms with Crippen LogP contribution in [-0.4, -0.2) is 38.7 Å². The van der Waals surface area contributed by atoms with Crippen molar-refractivity contribution in [1.29, 1.82) is 5.26 Å². The van der Waals surface area contributed by atoms with Gasteiger partial charge in [0.05, 0.1) is 11.1 Å². The summed E-state index contributed by atoms with van der Waals surface area (Å²) in [6, 6.07) is 11.4. The summed E-state index contributed by atoms with van der Waals surface area (Å²) in [5.74, 6) is 0.393. The molecule has 0 N–H and O–H groups in total. The SMILES string of the molecule is CC(c1nnc(Sc2ccc(Cl)c(C#N)n2)n1-c1ccc(F)cc1)N(C)C. The average molecular weight is 403 g/mol. The third-order valence-electron chi connectivity index (χ3n) is 4.01. The molecule has 138 valence electrons. The van der Waals surface area contributed by atoms with E-state index in [1.165, 1.54) is 23.9 Å². The molecule has 0 aliphatic heterocycles. The summed E-state index contributed by atoms with van der Waals surface area (Å²) in [5.41, 5.74) is 0.887. The van der Waals surface area contributed by atoms with Crippen molar-refractivity contribution in [3.8, 4) is 11.8 Å². The number of hydrogen-bond donors (Lipinski definition) is 0. The Kier molecular flexibility index (Phi) is 5.75. The van der Waals surface area contributed by atoms with Crippen LogP contribution in [0.15, 0.2) is 46.6 Å². The summed E-state index contributed by atoms with van der Waals surface area (Å²) < 4.78 is 15.2. The summed E-state index contributed by atoms with van der Waals surface area (Å²) in [6.45, 7) is 2.01. The summed E-state index contributed by atoms with van der Waals surface area (Å²) in [7, 11) is 3.89. The molecule has 0 saturated heterocycles. The lowest BCUT2D eigenvalue weighted by molar-refractivity contribution is 0.305. The lowest BCUT2D eigenvalue weighted by Gasteiger charge is -2.20. The highest BCUT2D eigenvalue weighted by atomic mass is 35.5. The summed E-state index contributed by atoms with van der Waals surface area (Å²) >= 11 is 7.21. The maximum absolute atomic E-state index is 13.4. The van der Waals surface area contributed by atoms with Crippen LogP contribution >= 0.6 is 23.4 Å². The number of pyridine rings is 1. The van der Waals surface area contributed by atoms with Crippen molar-refractivity contribution in [1.82, 2.24) is 24.6 Å². The standard InChI is InChI=1S/C18H16ClFN6S/c1-11(25(2)3)17-23-24-18(26(17)13-6-4-12(20)5-7-13)27-16-9-8-14(19)15(10-21)22-16/h4-9,11H,1-3H3. The van der Waals surface area contributed by atoms with Crippen molar-refractivity contribution >= 4 is 23.4 Å². The van der Waals surface area contributed by atoms with Crippen LogP contribution in [0, 0.1) is 17.1 Å². The van der Waals surface area contributed by atoms with E-state index in [0.717, 1.165) is 5.69 Å². The van der Waals surface area contributed by atoms with Gasteiger partial charge in [-0.2, -0.15) is 5.26 Å². The zero-order valence-corrected chi connectivity index (χ0v) is 16.5. The number of rotatable bonds is 5. The molecule has 9 heteroatoms. The fourth-order valence-electron chi connectivity index (χ4n) is 2.33. The predicted octanol–water partition coefficient (Wildman–Crippen LogP) is 4.10. The van der Waals surface area contributed by atoms with Crippen LogP contribution in [0.3, 0.4) is 0 Å². The average Bonchev–Trinajstić information content (AvgIpc) is 3.06. The van der Waals surface area contributed by atoms with Gasteiger partial charge in [-0.25, -0.2) is 9.37 Å². The van der Waals surface area contributed by atoms with Crippen LogP contribution in [0.5, 0.6) is 0 Å². The van der Waals surface area contributed by atoms with E-state index in [1.54, 1.807) is 24.3 Å². The highest BCUT2D eigenvalue weighted by Crippen LogP contribution is 2.31. The van der Waals surface area contributed by atoms with Crippen LogP contribution < -0.4 is 0 Å². The van der Waals surface area contributed by atoms with E-state index in [2.05, 4.69) is 15.2 Å². The monoisotopic (exact) mass is 402 g/mol. The van der Waals surface area contributed by atoms with Crippen molar-refractivity contribution in [3.05, 3.63) is 58.8 Å². The van der Waals surface area contributed by atoms with Crippen LogP contribution in [0.4, 0.5) is 4.39 Å². The molecule has 1 atom stereocenters. The van der Waals surface area contributed by atoms with Gasteiger partial charge in [-0.05, 0) is 69.2 Å². The number of nitriles is 1. The van der Waals surface area contributed by atoms with Gasteiger partial charge >= 0.3 is 0 Å². The number of halogens is 2. The quantitative estimate of drug-likeness (QED) is 0.639. The van der Waals surface area contributed by atoms with Crippen molar-refractivity contribution in [2.75, 3.05) is 14.1 Å². The molecule has 6 nitrogen and oxygen atoms in total. The molecule has 1 aromatic carbocycles. The smallest absolute Gasteiger partial charge is 0.202 e. The maximum atomic E-state index is 13.4. The maximum Gasteiger partial charge on any atom is 0.202 e. The Morgan fingerprint density at radius 2 is 1.89 bits per heavy atom. The lowest BCUT2D eigenvalue weighted by atomic mass is 10.2. The Labute approximate surface area is 165 Å². The van der Waals surface area contributed by atoms with E-state index in [4.69, 9.17) is 16.9 Å². The molecular weight excluding hydrogens is 387 g/mol. The first-order valence-corrected chi connectivity index (χ1v) is 9.22. The van der Waals surface area contributed by atoms with Gasteiger partial charge in [0.2, 0.25) is 5.16 Å². The minimum atomic E-state index is -0.318. The molecule has 27 heavy (non-hydrogen) atoms. The Bertz CT molecular complexity index is 996. The molecule has 0 amide bonds. The van der Waals surface area contributed by atoms with E-state index in [1.807, 2.05) is 36.6 Å². The van der Waals surface area contributed by atoms with E-state index in [0.29, 0.717) is 21.0 Å². The van der Waals surface area contributed by atoms with Gasteiger partial charge < -0.3 is 0 Å². The number of hydrogen-bond acceptors (Lipinski definition) is 6. The molecule has 1 unspecified atom stereocenters. The molecule has 0 saturated carbocycles. The van der Waals surface area contributed by atoms with E-state index in [9.17, 15) is 4.39 Å². The largest absolute Gasteiger partial charge is 0.300 e. The third-order valence-corrected chi connectivity index (χ3v) is 5.20. The first-order valence-electron chi connectivity index (χ1n) is 8.03. The third kappa shape index (κ3) is 4.11. The van der Waals surface area contributed by atoms with Crippen molar-refractivity contribution < 1.29 is 4.39 Å². The number of aromatic nitrogens is 4. The van der Waals surface area contributed by atoms with Crippen LogP contribution in [0.2, 0.25) is 5.02 Å². The molecule has 0 radical (unpaired) electrons. The van der Waals surface area contributed by atoms with E-state index in [-0.39, 0.29) is 17.6 Å². The second-order valence-corrected chi connectivity index (χ2v) is 7.38. The molecule has 0 aliphatic rings. The van der Waals surface area contributed by atoms with Crippen molar-refractivity contribution in [3.63, 3.8) is 0 Å². The summed E-state index contributed by atoms with van der Waals surface area (Å²) in [4.78, 5) is 6.25. The molecule has 3 aromatic rings. The fourth-order valence-corrected chi connectivity index (χ4v) is 3.31. The van der Waals surface area contributed by atoms with Crippen LogP contribution in [-0.2, 0) is 0 Å². The van der Waals surface area contributed by atoms with Crippen LogP contribution in [0.25, 0.3) is 5.69 Å². The van der Waals surface area contributed by atoms with Gasteiger partial charge in [0.25, 0.3) is 0 Å². The summed E-state index contributed by atoms with van der Waals surface area (Å²) in [5, 5.41) is 19.2. The zero-order valence-electron chi connectivity index (χ0n) is 14.9. The molecule has 0 spiro atoms. The number of nitrogens with zero attached hydrogens (tertiary/aromatic N) is 6. The molecule has 3 rings (SSSR count). The van der Waals surface area contributed by atoms with Crippen LogP contribution in [0.1, 0.15) is 24.5 Å². The Morgan fingerprint density at radius 3 is 2.52 bits per heavy atom. The first kappa shape index (κ1) is 19.3. The van der Waals surface area contributed by atoms with E-state index < -0.39 is 0 Å². The van der Waals surface area contributed by atoms with E-state index >= 15 is 0 Å². The highest BCUT2D eigenvalue weighted by molar-refractivity contribution is 7.99. The molecule has 0 bridgehead atoms. The first-order chi connectivity index (χ1) is 12.9. The topological polar surface area (TPSA) is 70.6 Å². The molecule has 2 heterocycles. The number of benzene rings is 1.